The highest BCUT2D eigenvalue weighted by Crippen LogP contribution is 2.27. The quantitative estimate of drug-likeness (QED) is 0.334. The van der Waals surface area contributed by atoms with E-state index in [1.165, 1.54) is 33.6 Å². The molecule has 1 atom stereocenters. The number of carbonyl (C=O) groups excluding carboxylic acids is 2. The largest absolute Gasteiger partial charge is 0.466 e. The number of rotatable bonds is 10. The van der Waals surface area contributed by atoms with Crippen molar-refractivity contribution < 1.29 is 14.3 Å². The molecule has 1 N–H and O–H groups in total. The third-order valence-corrected chi connectivity index (χ3v) is 7.33. The van der Waals surface area contributed by atoms with Gasteiger partial charge in [-0.2, -0.15) is 0 Å². The van der Waals surface area contributed by atoms with Crippen molar-refractivity contribution in [2.24, 2.45) is 7.05 Å². The Morgan fingerprint density at radius 1 is 1.25 bits per heavy atom. The first-order valence-corrected chi connectivity index (χ1v) is 12.8. The third kappa shape index (κ3) is 6.81. The van der Waals surface area contributed by atoms with Gasteiger partial charge in [0.1, 0.15) is 5.82 Å². The summed E-state index contributed by atoms with van der Waals surface area (Å²) < 4.78 is 6.83. The normalized spacial score (nSPS) is 11.9. The van der Waals surface area contributed by atoms with Gasteiger partial charge in [-0.25, -0.2) is 4.98 Å². The minimum absolute atomic E-state index is 0.0901. The van der Waals surface area contributed by atoms with Crippen molar-refractivity contribution in [3.8, 4) is 0 Å². The number of benzene rings is 1. The van der Waals surface area contributed by atoms with Crippen LogP contribution in [0.5, 0.6) is 0 Å². The van der Waals surface area contributed by atoms with Crippen LogP contribution < -0.4 is 5.32 Å². The van der Waals surface area contributed by atoms with Gasteiger partial charge in [0.2, 0.25) is 5.91 Å². The van der Waals surface area contributed by atoms with Crippen molar-refractivity contribution in [3.63, 3.8) is 0 Å². The lowest BCUT2D eigenvalue weighted by Gasteiger charge is -2.10. The summed E-state index contributed by atoms with van der Waals surface area (Å²) in [6, 6.07) is 8.36. The number of carbonyl (C=O) groups is 2. The Hall–Kier alpha value is -2.37. The fraction of sp³-hybridized carbons (Fsp3) is 0.381. The van der Waals surface area contributed by atoms with Gasteiger partial charge < -0.3 is 14.6 Å². The van der Waals surface area contributed by atoms with E-state index < -0.39 is 5.25 Å². The summed E-state index contributed by atoms with van der Waals surface area (Å²) in [6.07, 6.45) is 0.0901. The summed E-state index contributed by atoms with van der Waals surface area (Å²) in [4.78, 5) is 29.6. The molecule has 1 unspecified atom stereocenters. The number of amides is 1. The number of nitrogens with one attached hydrogen (secondary N) is 1. The van der Waals surface area contributed by atoms with Crippen LogP contribution in [0.2, 0.25) is 0 Å². The topological polar surface area (TPSA) is 99.0 Å². The standard InChI is InChI=1S/C21H25N5O3S3/c1-5-29-18(27)10-15-11-31-20(22-15)23-19(28)14(3)32-21-25-24-17(26(21)4)12-30-16-8-6-13(2)7-9-16/h6-9,11,14H,5,10,12H2,1-4H3,(H,22,23,28). The maximum atomic E-state index is 12.6. The first kappa shape index (κ1) is 24.3. The third-order valence-electron chi connectivity index (χ3n) is 4.38. The van der Waals surface area contributed by atoms with Crippen molar-refractivity contribution in [1.82, 2.24) is 19.7 Å². The lowest BCUT2D eigenvalue weighted by molar-refractivity contribution is -0.142. The van der Waals surface area contributed by atoms with E-state index in [1.54, 1.807) is 24.1 Å². The molecule has 0 aliphatic rings. The SMILES string of the molecule is CCOC(=O)Cc1csc(NC(=O)C(C)Sc2nnc(CSc3ccc(C)cc3)n2C)n1. The van der Waals surface area contributed by atoms with Gasteiger partial charge in [0, 0.05) is 17.3 Å². The maximum Gasteiger partial charge on any atom is 0.311 e. The number of hydrogen-bond acceptors (Lipinski definition) is 9. The van der Waals surface area contributed by atoms with Gasteiger partial charge in [-0.3, -0.25) is 9.59 Å². The number of nitrogens with zero attached hydrogens (tertiary/aromatic N) is 4. The van der Waals surface area contributed by atoms with Crippen LogP contribution in [-0.4, -0.2) is 43.5 Å². The Balaban J connectivity index is 1.52. The molecule has 0 saturated carbocycles. The molecular weight excluding hydrogens is 466 g/mol. The first-order valence-electron chi connectivity index (χ1n) is 10.0. The molecule has 0 saturated heterocycles. The molecule has 2 heterocycles. The van der Waals surface area contributed by atoms with Crippen LogP contribution in [0.15, 0.2) is 39.7 Å². The molecule has 3 aromatic rings. The number of ether oxygens (including phenoxy) is 1. The van der Waals surface area contributed by atoms with E-state index in [2.05, 4.69) is 51.7 Å². The minimum atomic E-state index is -0.395. The molecular formula is C21H25N5O3S3. The van der Waals surface area contributed by atoms with Gasteiger partial charge in [-0.05, 0) is 32.9 Å². The number of aryl methyl sites for hydroxylation is 1. The molecule has 170 valence electrons. The van der Waals surface area contributed by atoms with E-state index in [4.69, 9.17) is 4.74 Å². The van der Waals surface area contributed by atoms with Gasteiger partial charge in [0.05, 0.1) is 29.7 Å². The van der Waals surface area contributed by atoms with E-state index in [0.29, 0.717) is 28.3 Å². The Kier molecular flexibility index (Phi) is 8.71. The smallest absolute Gasteiger partial charge is 0.311 e. The summed E-state index contributed by atoms with van der Waals surface area (Å²) in [5.41, 5.74) is 1.81. The average molecular weight is 492 g/mol. The van der Waals surface area contributed by atoms with Crippen LogP contribution >= 0.6 is 34.9 Å². The lowest BCUT2D eigenvalue weighted by atomic mass is 10.2. The maximum absolute atomic E-state index is 12.6. The van der Waals surface area contributed by atoms with Crippen LogP contribution in [0, 0.1) is 6.92 Å². The summed E-state index contributed by atoms with van der Waals surface area (Å²) >= 11 is 4.31. The predicted octanol–water partition coefficient (Wildman–Crippen LogP) is 4.10. The van der Waals surface area contributed by atoms with Gasteiger partial charge in [-0.15, -0.1) is 33.3 Å². The second-order valence-electron chi connectivity index (χ2n) is 6.93. The van der Waals surface area contributed by atoms with E-state index in [-0.39, 0.29) is 18.3 Å². The first-order chi connectivity index (χ1) is 15.4. The van der Waals surface area contributed by atoms with Crippen molar-refractivity contribution in [3.05, 3.63) is 46.7 Å². The molecule has 1 aromatic carbocycles. The Bertz CT molecular complexity index is 1070. The Labute approximate surface area is 199 Å². The van der Waals surface area contributed by atoms with Crippen LogP contribution in [0.4, 0.5) is 5.13 Å². The molecule has 0 fully saturated rings. The molecule has 1 amide bonds. The van der Waals surface area contributed by atoms with Crippen LogP contribution in [-0.2, 0) is 33.5 Å². The zero-order chi connectivity index (χ0) is 23.1. The summed E-state index contributed by atoms with van der Waals surface area (Å²) in [5.74, 6) is 1.01. The highest BCUT2D eigenvalue weighted by Gasteiger charge is 2.20. The predicted molar refractivity (Wildman–Crippen MR) is 128 cm³/mol. The number of hydrogen-bond donors (Lipinski definition) is 1. The average Bonchev–Trinajstić information content (AvgIpc) is 3.34. The molecule has 32 heavy (non-hydrogen) atoms. The highest BCUT2D eigenvalue weighted by atomic mass is 32.2. The van der Waals surface area contributed by atoms with Crippen molar-refractivity contribution in [1.29, 1.82) is 0 Å². The number of esters is 1. The van der Waals surface area contributed by atoms with Crippen molar-refractivity contribution >= 4 is 51.9 Å². The molecule has 0 aliphatic carbocycles. The molecule has 8 nitrogen and oxygen atoms in total. The highest BCUT2D eigenvalue weighted by molar-refractivity contribution is 8.00. The number of thiazole rings is 1. The molecule has 2 aromatic heterocycles. The molecule has 0 bridgehead atoms. The zero-order valence-electron chi connectivity index (χ0n) is 18.3. The summed E-state index contributed by atoms with van der Waals surface area (Å²) in [5, 5.41) is 13.8. The number of thioether (sulfide) groups is 2. The van der Waals surface area contributed by atoms with Crippen LogP contribution in [0.1, 0.15) is 30.9 Å². The van der Waals surface area contributed by atoms with E-state index in [1.807, 2.05) is 18.5 Å². The second kappa shape index (κ2) is 11.5. The zero-order valence-corrected chi connectivity index (χ0v) is 20.8. The van der Waals surface area contributed by atoms with E-state index >= 15 is 0 Å². The monoisotopic (exact) mass is 491 g/mol. The van der Waals surface area contributed by atoms with Crippen LogP contribution in [0.3, 0.4) is 0 Å². The minimum Gasteiger partial charge on any atom is -0.466 e. The fourth-order valence-electron chi connectivity index (χ4n) is 2.58. The van der Waals surface area contributed by atoms with Gasteiger partial charge in [-0.1, -0.05) is 29.5 Å². The second-order valence-corrected chi connectivity index (χ2v) is 10.1. The number of anilines is 1. The molecule has 0 spiro atoms. The van der Waals surface area contributed by atoms with E-state index in [9.17, 15) is 9.59 Å². The molecule has 0 radical (unpaired) electrons. The van der Waals surface area contributed by atoms with Crippen LogP contribution in [0.25, 0.3) is 0 Å². The van der Waals surface area contributed by atoms with Gasteiger partial charge in [0.25, 0.3) is 0 Å². The van der Waals surface area contributed by atoms with Gasteiger partial charge in [0.15, 0.2) is 10.3 Å². The van der Waals surface area contributed by atoms with Crippen molar-refractivity contribution in [2.75, 3.05) is 11.9 Å². The summed E-state index contributed by atoms with van der Waals surface area (Å²) in [6.45, 7) is 5.96. The Morgan fingerprint density at radius 3 is 2.72 bits per heavy atom. The van der Waals surface area contributed by atoms with Crippen molar-refractivity contribution in [2.45, 2.75) is 48.2 Å². The lowest BCUT2D eigenvalue weighted by Crippen LogP contribution is -2.22. The van der Waals surface area contributed by atoms with Gasteiger partial charge >= 0.3 is 5.97 Å². The Morgan fingerprint density at radius 2 is 2.00 bits per heavy atom. The summed E-state index contributed by atoms with van der Waals surface area (Å²) in [7, 11) is 1.90. The molecule has 11 heteroatoms. The number of aromatic nitrogens is 4. The molecule has 0 aliphatic heterocycles. The van der Waals surface area contributed by atoms with E-state index in [0.717, 1.165) is 5.82 Å². The fourth-order valence-corrected chi connectivity index (χ4v) is 5.00. The molecule has 3 rings (SSSR count).